The van der Waals surface area contributed by atoms with Crippen LogP contribution in [0.1, 0.15) is 46.3 Å². The predicted octanol–water partition coefficient (Wildman–Crippen LogP) is 2.58. The van der Waals surface area contributed by atoms with Crippen LogP contribution >= 0.6 is 0 Å². The molecule has 7 nitrogen and oxygen atoms in total. The van der Waals surface area contributed by atoms with Crippen LogP contribution in [0.25, 0.3) is 11.0 Å². The van der Waals surface area contributed by atoms with Crippen molar-refractivity contribution in [1.29, 1.82) is 0 Å². The van der Waals surface area contributed by atoms with Gasteiger partial charge in [-0.3, -0.25) is 9.89 Å². The van der Waals surface area contributed by atoms with E-state index >= 15 is 0 Å². The van der Waals surface area contributed by atoms with E-state index in [1.54, 1.807) is 20.0 Å². The molecule has 1 amide bonds. The fraction of sp³-hybridized carbons (Fsp3) is 0.412. The molecule has 4 rings (SSSR count). The van der Waals surface area contributed by atoms with Crippen LogP contribution in [0.15, 0.2) is 22.9 Å². The van der Waals surface area contributed by atoms with E-state index in [9.17, 15) is 4.79 Å². The van der Waals surface area contributed by atoms with Crippen LogP contribution in [0, 0.1) is 13.8 Å². The summed E-state index contributed by atoms with van der Waals surface area (Å²) in [7, 11) is 0. The number of aromatic amines is 1. The van der Waals surface area contributed by atoms with Crippen molar-refractivity contribution >= 4 is 16.9 Å². The number of pyridine rings is 1. The van der Waals surface area contributed by atoms with Crippen LogP contribution in [0.2, 0.25) is 0 Å². The van der Waals surface area contributed by atoms with Gasteiger partial charge in [-0.2, -0.15) is 5.10 Å². The highest BCUT2D eigenvalue weighted by Gasteiger charge is 2.29. The summed E-state index contributed by atoms with van der Waals surface area (Å²) in [4.78, 5) is 19.4. The lowest BCUT2D eigenvalue weighted by Gasteiger charge is -2.32. The van der Waals surface area contributed by atoms with Crippen LogP contribution in [-0.2, 0) is 0 Å². The molecular weight excluding hydrogens is 306 g/mol. The molecule has 0 saturated carbocycles. The van der Waals surface area contributed by atoms with Gasteiger partial charge in [0.25, 0.3) is 5.91 Å². The van der Waals surface area contributed by atoms with Crippen molar-refractivity contribution < 1.29 is 9.32 Å². The Morgan fingerprint density at radius 1 is 1.38 bits per heavy atom. The molecule has 3 aromatic heterocycles. The van der Waals surface area contributed by atoms with Gasteiger partial charge in [0.05, 0.1) is 11.9 Å². The number of hydrogen-bond acceptors (Lipinski definition) is 5. The zero-order valence-electron chi connectivity index (χ0n) is 13.7. The van der Waals surface area contributed by atoms with Crippen molar-refractivity contribution in [3.8, 4) is 0 Å². The van der Waals surface area contributed by atoms with Gasteiger partial charge in [-0.15, -0.1) is 0 Å². The maximum absolute atomic E-state index is 12.8. The zero-order chi connectivity index (χ0) is 16.7. The molecule has 1 aliphatic heterocycles. The molecule has 0 radical (unpaired) electrons. The number of carbonyl (C=O) groups is 1. The van der Waals surface area contributed by atoms with Crippen LogP contribution in [0.3, 0.4) is 0 Å². The lowest BCUT2D eigenvalue weighted by atomic mass is 9.93. The number of fused-ring (bicyclic) bond motifs is 1. The number of piperidine rings is 1. The first kappa shape index (κ1) is 14.9. The molecular formula is C17H19N5O2. The van der Waals surface area contributed by atoms with E-state index in [0.29, 0.717) is 23.6 Å². The van der Waals surface area contributed by atoms with Crippen molar-refractivity contribution in [2.24, 2.45) is 0 Å². The van der Waals surface area contributed by atoms with Crippen molar-refractivity contribution in [2.75, 3.05) is 13.1 Å². The van der Waals surface area contributed by atoms with E-state index in [1.165, 1.54) is 0 Å². The summed E-state index contributed by atoms with van der Waals surface area (Å²) in [6.07, 6.45) is 3.75. The summed E-state index contributed by atoms with van der Waals surface area (Å²) in [6.45, 7) is 5.00. The molecule has 24 heavy (non-hydrogen) atoms. The van der Waals surface area contributed by atoms with Gasteiger partial charge < -0.3 is 9.42 Å². The summed E-state index contributed by atoms with van der Waals surface area (Å²) < 4.78 is 5.14. The van der Waals surface area contributed by atoms with Gasteiger partial charge in [0.15, 0.2) is 5.65 Å². The molecule has 0 aliphatic carbocycles. The quantitative estimate of drug-likeness (QED) is 0.782. The van der Waals surface area contributed by atoms with Crippen LogP contribution in [0.4, 0.5) is 0 Å². The van der Waals surface area contributed by atoms with E-state index in [4.69, 9.17) is 4.52 Å². The minimum absolute atomic E-state index is 0.00133. The number of aryl methyl sites for hydroxylation is 2. The van der Waals surface area contributed by atoms with Gasteiger partial charge in [-0.25, -0.2) is 4.98 Å². The first-order valence-electron chi connectivity index (χ1n) is 8.15. The fourth-order valence-corrected chi connectivity index (χ4v) is 3.42. The molecule has 124 valence electrons. The molecule has 1 fully saturated rings. The summed E-state index contributed by atoms with van der Waals surface area (Å²) in [6, 6.07) is 4.06. The lowest BCUT2D eigenvalue weighted by Crippen LogP contribution is -2.39. The summed E-state index contributed by atoms with van der Waals surface area (Å²) >= 11 is 0. The highest BCUT2D eigenvalue weighted by Crippen LogP contribution is 2.28. The molecule has 0 aromatic carbocycles. The Bertz CT molecular complexity index is 878. The smallest absolute Gasteiger partial charge is 0.259 e. The molecule has 1 atom stereocenters. The Morgan fingerprint density at radius 3 is 3.04 bits per heavy atom. The van der Waals surface area contributed by atoms with Gasteiger partial charge in [-0.05, 0) is 38.8 Å². The van der Waals surface area contributed by atoms with Crippen LogP contribution in [-0.4, -0.2) is 44.2 Å². The normalized spacial score (nSPS) is 18.2. The first-order valence-corrected chi connectivity index (χ1v) is 8.15. The van der Waals surface area contributed by atoms with E-state index < -0.39 is 0 Å². The third-order valence-electron chi connectivity index (χ3n) is 4.70. The molecule has 1 saturated heterocycles. The second kappa shape index (κ2) is 5.74. The summed E-state index contributed by atoms with van der Waals surface area (Å²) in [5.41, 5.74) is 3.04. The number of hydrogen-bond donors (Lipinski definition) is 1. The summed E-state index contributed by atoms with van der Waals surface area (Å²) in [5, 5.41) is 11.8. The van der Waals surface area contributed by atoms with Gasteiger partial charge in [0.1, 0.15) is 11.3 Å². The minimum Gasteiger partial charge on any atom is -0.361 e. The number of aromatic nitrogens is 4. The van der Waals surface area contributed by atoms with E-state index in [1.807, 2.05) is 17.0 Å². The van der Waals surface area contributed by atoms with Crippen LogP contribution in [0.5, 0.6) is 0 Å². The van der Waals surface area contributed by atoms with Crippen LogP contribution < -0.4 is 0 Å². The summed E-state index contributed by atoms with van der Waals surface area (Å²) in [5.74, 6) is 0.811. The number of rotatable bonds is 2. The van der Waals surface area contributed by atoms with Gasteiger partial charge in [0, 0.05) is 30.1 Å². The molecule has 3 aromatic rings. The molecule has 1 N–H and O–H groups in total. The maximum Gasteiger partial charge on any atom is 0.259 e. The molecule has 0 bridgehead atoms. The van der Waals surface area contributed by atoms with Crippen molar-refractivity contribution in [3.63, 3.8) is 0 Å². The Hall–Kier alpha value is -2.70. The second-order valence-corrected chi connectivity index (χ2v) is 6.33. The zero-order valence-corrected chi connectivity index (χ0v) is 13.7. The number of carbonyl (C=O) groups excluding carboxylic acids is 1. The molecule has 0 spiro atoms. The maximum atomic E-state index is 12.8. The Kier molecular flexibility index (Phi) is 3.55. The Labute approximate surface area is 139 Å². The Balaban J connectivity index is 1.58. The Morgan fingerprint density at radius 2 is 2.25 bits per heavy atom. The molecule has 4 heterocycles. The molecule has 1 unspecified atom stereocenters. The average molecular weight is 325 g/mol. The predicted molar refractivity (Wildman–Crippen MR) is 87.7 cm³/mol. The lowest BCUT2D eigenvalue weighted by molar-refractivity contribution is 0.0703. The van der Waals surface area contributed by atoms with E-state index in [-0.39, 0.29) is 11.8 Å². The average Bonchev–Trinajstić information content (AvgIpc) is 3.20. The van der Waals surface area contributed by atoms with Gasteiger partial charge >= 0.3 is 0 Å². The highest BCUT2D eigenvalue weighted by atomic mass is 16.5. The van der Waals surface area contributed by atoms with Gasteiger partial charge in [0.2, 0.25) is 0 Å². The van der Waals surface area contributed by atoms with E-state index in [0.717, 1.165) is 36.1 Å². The first-order chi connectivity index (χ1) is 11.6. The van der Waals surface area contributed by atoms with E-state index in [2.05, 4.69) is 20.3 Å². The third-order valence-corrected chi connectivity index (χ3v) is 4.70. The van der Waals surface area contributed by atoms with Gasteiger partial charge in [-0.1, -0.05) is 5.16 Å². The van der Waals surface area contributed by atoms with Crippen molar-refractivity contribution in [2.45, 2.75) is 32.6 Å². The molecule has 7 heteroatoms. The minimum atomic E-state index is -0.00133. The largest absolute Gasteiger partial charge is 0.361 e. The van der Waals surface area contributed by atoms with Crippen molar-refractivity contribution in [1.82, 2.24) is 25.2 Å². The molecule has 1 aliphatic rings. The fourth-order valence-electron chi connectivity index (χ4n) is 3.42. The number of H-pyrrole nitrogens is 1. The number of amides is 1. The standard InChI is InChI=1S/C17H19N5O2/c1-10-15(11(2)24-21-10)17(23)22-7-3-4-13(9-22)14-6-5-12-8-18-20-16(12)19-14/h5-6,8,13H,3-4,7,9H2,1-2H3,(H,18,19,20). The third kappa shape index (κ3) is 2.46. The SMILES string of the molecule is Cc1noc(C)c1C(=O)N1CCCC(c2ccc3cn[nH]c3n2)C1. The number of nitrogens with one attached hydrogen (secondary N) is 1. The topological polar surface area (TPSA) is 87.9 Å². The number of likely N-dealkylation sites (tertiary alicyclic amines) is 1. The highest BCUT2D eigenvalue weighted by molar-refractivity contribution is 5.96. The second-order valence-electron chi connectivity index (χ2n) is 6.33. The number of nitrogens with zero attached hydrogens (tertiary/aromatic N) is 4. The van der Waals surface area contributed by atoms with Crippen molar-refractivity contribution in [3.05, 3.63) is 41.0 Å². The monoisotopic (exact) mass is 325 g/mol.